The van der Waals surface area contributed by atoms with Gasteiger partial charge in [-0.05, 0) is 6.42 Å². The predicted octanol–water partition coefficient (Wildman–Crippen LogP) is 2.81. The minimum Gasteiger partial charge on any atom is -0.393 e. The van der Waals surface area contributed by atoms with Crippen LogP contribution in [0.4, 0.5) is 0 Å². The van der Waals surface area contributed by atoms with Gasteiger partial charge < -0.3 is 15.6 Å². The zero-order valence-electron chi connectivity index (χ0n) is 13.1. The third-order valence-corrected chi connectivity index (χ3v) is 3.49. The first kappa shape index (κ1) is 19.6. The summed E-state index contributed by atoms with van der Waals surface area (Å²) in [5, 5.41) is 9.08. The third kappa shape index (κ3) is 11.4. The number of Topliss-reactive ketones (excluding diaryl/α,β-unsaturated/α-hetero) is 1. The van der Waals surface area contributed by atoms with Gasteiger partial charge in [0.1, 0.15) is 6.10 Å². The number of aliphatic hydroxyl groups is 1. The molecule has 0 aliphatic carbocycles. The average molecular weight is 287 g/mol. The van der Waals surface area contributed by atoms with Crippen molar-refractivity contribution in [3.8, 4) is 0 Å². The Bertz CT molecular complexity index is 222. The van der Waals surface area contributed by atoms with Gasteiger partial charge in [0, 0.05) is 13.0 Å². The summed E-state index contributed by atoms with van der Waals surface area (Å²) in [6.45, 7) is 2.70. The molecule has 0 heterocycles. The van der Waals surface area contributed by atoms with Gasteiger partial charge in [0.2, 0.25) is 0 Å². The maximum absolute atomic E-state index is 11.8. The van der Waals surface area contributed by atoms with Crippen LogP contribution >= 0.6 is 0 Å². The van der Waals surface area contributed by atoms with Gasteiger partial charge in [0.25, 0.3) is 0 Å². The van der Waals surface area contributed by atoms with Gasteiger partial charge >= 0.3 is 0 Å². The van der Waals surface area contributed by atoms with Crippen molar-refractivity contribution < 1.29 is 14.6 Å². The highest BCUT2D eigenvalue weighted by Gasteiger charge is 2.16. The Morgan fingerprint density at radius 3 is 2.10 bits per heavy atom. The fourth-order valence-corrected chi connectivity index (χ4v) is 2.23. The smallest absolute Gasteiger partial charge is 0.163 e. The average Bonchev–Trinajstić information content (AvgIpc) is 2.46. The first-order valence-electron chi connectivity index (χ1n) is 8.21. The van der Waals surface area contributed by atoms with Crippen LogP contribution in [0.25, 0.3) is 0 Å². The van der Waals surface area contributed by atoms with E-state index >= 15 is 0 Å². The summed E-state index contributed by atoms with van der Waals surface area (Å²) in [6, 6.07) is 0. The van der Waals surface area contributed by atoms with Crippen LogP contribution in [0.2, 0.25) is 0 Å². The van der Waals surface area contributed by atoms with Crippen molar-refractivity contribution in [1.29, 1.82) is 0 Å². The number of rotatable bonds is 15. The molecule has 0 radical (unpaired) electrons. The molecule has 0 aromatic carbocycles. The van der Waals surface area contributed by atoms with E-state index in [-0.39, 0.29) is 12.4 Å². The highest BCUT2D eigenvalue weighted by atomic mass is 16.5. The van der Waals surface area contributed by atoms with Crippen molar-refractivity contribution in [2.24, 2.45) is 5.73 Å². The van der Waals surface area contributed by atoms with Crippen LogP contribution in [0.1, 0.15) is 71.1 Å². The van der Waals surface area contributed by atoms with Crippen LogP contribution in [-0.4, -0.2) is 36.8 Å². The molecule has 4 nitrogen and oxygen atoms in total. The number of ketones is 1. The predicted molar refractivity (Wildman–Crippen MR) is 82.7 cm³/mol. The number of nitrogens with two attached hydrogens (primary N) is 1. The van der Waals surface area contributed by atoms with Gasteiger partial charge in [0.15, 0.2) is 5.78 Å². The highest BCUT2D eigenvalue weighted by molar-refractivity contribution is 5.83. The number of hydrogen-bond acceptors (Lipinski definition) is 4. The van der Waals surface area contributed by atoms with Gasteiger partial charge in [-0.3, -0.25) is 4.79 Å². The molecule has 3 N–H and O–H groups in total. The van der Waals surface area contributed by atoms with E-state index in [1.54, 1.807) is 0 Å². The quantitative estimate of drug-likeness (QED) is 0.454. The van der Waals surface area contributed by atoms with E-state index in [1.807, 2.05) is 0 Å². The lowest BCUT2D eigenvalue weighted by Crippen LogP contribution is -2.30. The molecule has 0 fully saturated rings. The number of carbonyl (C=O) groups excluding carboxylic acids is 1. The first-order chi connectivity index (χ1) is 9.76. The second kappa shape index (κ2) is 14.9. The minimum absolute atomic E-state index is 0.00361. The normalized spacial score (nSPS) is 12.6. The number of hydrogen-bond donors (Lipinski definition) is 2. The standard InChI is InChI=1S/C16H33NO3/c1-2-3-4-5-6-7-8-9-10-11-15(19)16(14-18)20-13-12-17/h16,18H,2-14,17H2,1H3. The largest absolute Gasteiger partial charge is 0.393 e. The van der Waals surface area contributed by atoms with Gasteiger partial charge in [-0.25, -0.2) is 0 Å². The molecule has 0 aliphatic heterocycles. The number of aliphatic hydroxyl groups excluding tert-OH is 1. The molecule has 4 heteroatoms. The second-order valence-corrected chi connectivity index (χ2v) is 5.38. The van der Waals surface area contributed by atoms with Gasteiger partial charge in [-0.2, -0.15) is 0 Å². The molecule has 1 unspecified atom stereocenters. The van der Waals surface area contributed by atoms with Crippen LogP contribution < -0.4 is 5.73 Å². The van der Waals surface area contributed by atoms with E-state index in [2.05, 4.69) is 6.92 Å². The highest BCUT2D eigenvalue weighted by Crippen LogP contribution is 2.11. The lowest BCUT2D eigenvalue weighted by molar-refractivity contribution is -0.133. The molecule has 0 saturated carbocycles. The SMILES string of the molecule is CCCCCCCCCCCC(=O)C(CO)OCCN. The Morgan fingerprint density at radius 1 is 1.05 bits per heavy atom. The van der Waals surface area contributed by atoms with Crippen molar-refractivity contribution >= 4 is 5.78 Å². The Balaban J connectivity index is 3.41. The number of unbranched alkanes of at least 4 members (excludes halogenated alkanes) is 8. The van der Waals surface area contributed by atoms with Gasteiger partial charge in [-0.1, -0.05) is 58.3 Å². The summed E-state index contributed by atoms with van der Waals surface area (Å²) in [4.78, 5) is 11.8. The van der Waals surface area contributed by atoms with Crippen molar-refractivity contribution in [2.45, 2.75) is 77.2 Å². The molecular weight excluding hydrogens is 254 g/mol. The summed E-state index contributed by atoms with van der Waals surface area (Å²) in [6.07, 6.45) is 10.9. The Morgan fingerprint density at radius 2 is 1.60 bits per heavy atom. The van der Waals surface area contributed by atoms with E-state index in [0.717, 1.165) is 12.8 Å². The Hall–Kier alpha value is -0.450. The second-order valence-electron chi connectivity index (χ2n) is 5.38. The molecular formula is C16H33NO3. The monoisotopic (exact) mass is 287 g/mol. The number of carbonyl (C=O) groups is 1. The Labute approximate surface area is 124 Å². The van der Waals surface area contributed by atoms with E-state index in [9.17, 15) is 4.79 Å². The van der Waals surface area contributed by atoms with Crippen LogP contribution in [-0.2, 0) is 9.53 Å². The first-order valence-corrected chi connectivity index (χ1v) is 8.21. The topological polar surface area (TPSA) is 72.5 Å². The molecule has 20 heavy (non-hydrogen) atoms. The van der Waals surface area contributed by atoms with Crippen LogP contribution in [0.5, 0.6) is 0 Å². The van der Waals surface area contributed by atoms with E-state index in [0.29, 0.717) is 19.6 Å². The molecule has 120 valence electrons. The lowest BCUT2D eigenvalue weighted by Gasteiger charge is -2.13. The summed E-state index contributed by atoms with van der Waals surface area (Å²) < 4.78 is 5.21. The lowest BCUT2D eigenvalue weighted by atomic mass is 10.0. The zero-order chi connectivity index (χ0) is 15.1. The Kier molecular flexibility index (Phi) is 14.6. The molecule has 0 rings (SSSR count). The van der Waals surface area contributed by atoms with Crippen molar-refractivity contribution in [3.63, 3.8) is 0 Å². The summed E-state index contributed by atoms with van der Waals surface area (Å²) >= 11 is 0. The summed E-state index contributed by atoms with van der Waals surface area (Å²) in [5.74, 6) is 0.00361. The fraction of sp³-hybridized carbons (Fsp3) is 0.938. The maximum atomic E-state index is 11.8. The zero-order valence-corrected chi connectivity index (χ0v) is 13.1. The number of ether oxygens (including phenoxy) is 1. The van der Waals surface area contributed by atoms with Crippen LogP contribution in [0, 0.1) is 0 Å². The minimum atomic E-state index is -0.674. The third-order valence-electron chi connectivity index (χ3n) is 3.49. The van der Waals surface area contributed by atoms with Crippen molar-refractivity contribution in [2.75, 3.05) is 19.8 Å². The van der Waals surface area contributed by atoms with Gasteiger partial charge in [0.05, 0.1) is 13.2 Å². The molecule has 0 amide bonds. The molecule has 0 aliphatic rings. The van der Waals surface area contributed by atoms with Gasteiger partial charge in [-0.15, -0.1) is 0 Å². The fourth-order valence-electron chi connectivity index (χ4n) is 2.23. The van der Waals surface area contributed by atoms with Crippen molar-refractivity contribution in [3.05, 3.63) is 0 Å². The summed E-state index contributed by atoms with van der Waals surface area (Å²) in [5.41, 5.74) is 5.31. The van der Waals surface area contributed by atoms with E-state index < -0.39 is 6.10 Å². The molecule has 0 spiro atoms. The molecule has 0 aromatic heterocycles. The molecule has 0 saturated heterocycles. The maximum Gasteiger partial charge on any atom is 0.163 e. The van der Waals surface area contributed by atoms with Crippen molar-refractivity contribution in [1.82, 2.24) is 0 Å². The van der Waals surface area contributed by atoms with Crippen LogP contribution in [0.15, 0.2) is 0 Å². The van der Waals surface area contributed by atoms with E-state index in [4.69, 9.17) is 15.6 Å². The molecule has 0 aromatic rings. The molecule has 1 atom stereocenters. The van der Waals surface area contributed by atoms with E-state index in [1.165, 1.54) is 44.9 Å². The molecule has 0 bridgehead atoms. The van der Waals surface area contributed by atoms with Crippen LogP contribution in [0.3, 0.4) is 0 Å². The summed E-state index contributed by atoms with van der Waals surface area (Å²) in [7, 11) is 0.